The Labute approximate surface area is 71.5 Å². The molecule has 1 heterocycles. The molecular formula is C8H12N2S. The van der Waals surface area contributed by atoms with Gasteiger partial charge >= 0.3 is 0 Å². The van der Waals surface area contributed by atoms with Crippen LogP contribution in [-0.2, 0) is 0 Å². The molecule has 2 nitrogen and oxygen atoms in total. The van der Waals surface area contributed by atoms with E-state index < -0.39 is 0 Å². The van der Waals surface area contributed by atoms with Crippen molar-refractivity contribution in [3.05, 3.63) is 18.6 Å². The highest BCUT2D eigenvalue weighted by Crippen LogP contribution is 2.14. The van der Waals surface area contributed by atoms with Crippen molar-refractivity contribution >= 4 is 11.8 Å². The van der Waals surface area contributed by atoms with Gasteiger partial charge in [-0.15, -0.1) is 11.8 Å². The largest absolute Gasteiger partial charge is 0.260 e. The van der Waals surface area contributed by atoms with Crippen LogP contribution < -0.4 is 0 Å². The van der Waals surface area contributed by atoms with Gasteiger partial charge < -0.3 is 0 Å². The molecule has 0 radical (unpaired) electrons. The smallest absolute Gasteiger partial charge is 0.114 e. The molecule has 3 heteroatoms. The Balaban J connectivity index is 2.28. The molecule has 0 fully saturated rings. The van der Waals surface area contributed by atoms with Gasteiger partial charge in [0.15, 0.2) is 0 Å². The molecule has 0 N–H and O–H groups in total. The Bertz CT molecular complexity index is 189. The van der Waals surface area contributed by atoms with E-state index in [0.717, 1.165) is 10.8 Å². The molecule has 1 aromatic rings. The molecule has 1 rings (SSSR count). The van der Waals surface area contributed by atoms with E-state index in [0.29, 0.717) is 0 Å². The average molecular weight is 168 g/mol. The zero-order valence-corrected chi connectivity index (χ0v) is 7.47. The number of nitrogens with zero attached hydrogens (tertiary/aromatic N) is 2. The fourth-order valence-corrected chi connectivity index (χ4v) is 1.59. The second-order valence-electron chi connectivity index (χ2n) is 2.25. The van der Waals surface area contributed by atoms with Gasteiger partial charge in [-0.2, -0.15) is 0 Å². The van der Waals surface area contributed by atoms with Crippen LogP contribution in [0.3, 0.4) is 0 Å². The summed E-state index contributed by atoms with van der Waals surface area (Å²) in [4.78, 5) is 8.13. The normalized spacial score (nSPS) is 9.91. The van der Waals surface area contributed by atoms with Crippen LogP contribution in [0.25, 0.3) is 0 Å². The van der Waals surface area contributed by atoms with Crippen molar-refractivity contribution in [2.24, 2.45) is 0 Å². The average Bonchev–Trinajstić information content (AvgIpc) is 2.07. The molecule has 0 saturated heterocycles. The molecule has 0 atom stereocenters. The maximum Gasteiger partial charge on any atom is 0.114 e. The van der Waals surface area contributed by atoms with Gasteiger partial charge in [-0.05, 0) is 12.2 Å². The highest BCUT2D eigenvalue weighted by atomic mass is 32.2. The van der Waals surface area contributed by atoms with E-state index in [1.54, 1.807) is 30.4 Å². The molecule has 60 valence electrons. The first-order valence-corrected chi connectivity index (χ1v) is 4.81. The highest BCUT2D eigenvalue weighted by molar-refractivity contribution is 7.99. The summed E-state index contributed by atoms with van der Waals surface area (Å²) in [6.07, 6.45) is 7.73. The molecule has 0 aliphatic heterocycles. The molecule has 0 aliphatic rings. The second-order valence-corrected chi connectivity index (χ2v) is 3.36. The molecule has 0 saturated carbocycles. The van der Waals surface area contributed by atoms with Gasteiger partial charge in [-0.1, -0.05) is 13.3 Å². The number of rotatable bonds is 4. The molecular weight excluding hydrogens is 156 g/mol. The first-order valence-electron chi connectivity index (χ1n) is 3.82. The van der Waals surface area contributed by atoms with E-state index >= 15 is 0 Å². The van der Waals surface area contributed by atoms with Gasteiger partial charge in [0, 0.05) is 12.4 Å². The SMILES string of the molecule is CCCCSc1cnccn1. The lowest BCUT2D eigenvalue weighted by Gasteiger charge is -1.96. The van der Waals surface area contributed by atoms with E-state index in [4.69, 9.17) is 0 Å². The Morgan fingerprint density at radius 3 is 3.00 bits per heavy atom. The van der Waals surface area contributed by atoms with E-state index in [-0.39, 0.29) is 0 Å². The maximum absolute atomic E-state index is 4.15. The second kappa shape index (κ2) is 5.13. The Morgan fingerprint density at radius 2 is 2.36 bits per heavy atom. The fourth-order valence-electron chi connectivity index (χ4n) is 0.681. The van der Waals surface area contributed by atoms with Crippen LogP contribution in [0.15, 0.2) is 23.6 Å². The Morgan fingerprint density at radius 1 is 1.45 bits per heavy atom. The molecule has 0 aromatic carbocycles. The molecule has 11 heavy (non-hydrogen) atoms. The van der Waals surface area contributed by atoms with Crippen molar-refractivity contribution < 1.29 is 0 Å². The summed E-state index contributed by atoms with van der Waals surface area (Å²) >= 11 is 1.77. The molecule has 0 spiro atoms. The summed E-state index contributed by atoms with van der Waals surface area (Å²) in [6.45, 7) is 2.19. The summed E-state index contributed by atoms with van der Waals surface area (Å²) in [5.41, 5.74) is 0. The van der Waals surface area contributed by atoms with Gasteiger partial charge in [-0.3, -0.25) is 4.98 Å². The third-order valence-electron chi connectivity index (χ3n) is 1.29. The lowest BCUT2D eigenvalue weighted by atomic mass is 10.4. The van der Waals surface area contributed by atoms with Crippen LogP contribution in [0.5, 0.6) is 0 Å². The molecule has 0 amide bonds. The maximum atomic E-state index is 4.15. The minimum Gasteiger partial charge on any atom is -0.260 e. The standard InChI is InChI=1S/C8H12N2S/c1-2-3-6-11-8-7-9-4-5-10-8/h4-5,7H,2-3,6H2,1H3. The van der Waals surface area contributed by atoms with Crippen molar-refractivity contribution in [3.63, 3.8) is 0 Å². The van der Waals surface area contributed by atoms with Gasteiger partial charge in [0.1, 0.15) is 5.03 Å². The monoisotopic (exact) mass is 168 g/mol. The van der Waals surface area contributed by atoms with E-state index in [2.05, 4.69) is 16.9 Å². The van der Waals surface area contributed by atoms with Gasteiger partial charge in [0.2, 0.25) is 0 Å². The Kier molecular flexibility index (Phi) is 3.98. The van der Waals surface area contributed by atoms with Crippen molar-refractivity contribution in [1.82, 2.24) is 9.97 Å². The zero-order chi connectivity index (χ0) is 7.94. The summed E-state index contributed by atoms with van der Waals surface area (Å²) in [7, 11) is 0. The van der Waals surface area contributed by atoms with Crippen LogP contribution in [0.2, 0.25) is 0 Å². The molecule has 0 unspecified atom stereocenters. The van der Waals surface area contributed by atoms with Crippen LogP contribution in [0.1, 0.15) is 19.8 Å². The number of hydrogen-bond acceptors (Lipinski definition) is 3. The van der Waals surface area contributed by atoms with Crippen molar-refractivity contribution in [1.29, 1.82) is 0 Å². The number of unbranched alkanes of at least 4 members (excludes halogenated alkanes) is 1. The third kappa shape index (κ3) is 3.37. The predicted octanol–water partition coefficient (Wildman–Crippen LogP) is 2.37. The Hall–Kier alpha value is -0.570. The topological polar surface area (TPSA) is 25.8 Å². The number of thioether (sulfide) groups is 1. The van der Waals surface area contributed by atoms with Crippen LogP contribution >= 0.6 is 11.8 Å². The minimum atomic E-state index is 1.03. The van der Waals surface area contributed by atoms with Crippen LogP contribution in [0, 0.1) is 0 Å². The zero-order valence-electron chi connectivity index (χ0n) is 6.66. The molecule has 0 bridgehead atoms. The lowest BCUT2D eigenvalue weighted by molar-refractivity contribution is 0.893. The van der Waals surface area contributed by atoms with Gasteiger partial charge in [0.05, 0.1) is 6.20 Å². The van der Waals surface area contributed by atoms with E-state index in [9.17, 15) is 0 Å². The highest BCUT2D eigenvalue weighted by Gasteiger charge is 1.91. The third-order valence-corrected chi connectivity index (χ3v) is 2.29. The minimum absolute atomic E-state index is 1.03. The van der Waals surface area contributed by atoms with Gasteiger partial charge in [-0.25, -0.2) is 4.98 Å². The number of hydrogen-bond donors (Lipinski definition) is 0. The van der Waals surface area contributed by atoms with Crippen LogP contribution in [-0.4, -0.2) is 15.7 Å². The van der Waals surface area contributed by atoms with E-state index in [1.165, 1.54) is 12.8 Å². The summed E-state index contributed by atoms with van der Waals surface area (Å²) in [6, 6.07) is 0. The van der Waals surface area contributed by atoms with Crippen LogP contribution in [0.4, 0.5) is 0 Å². The van der Waals surface area contributed by atoms with E-state index in [1.807, 2.05) is 0 Å². The van der Waals surface area contributed by atoms with Crippen molar-refractivity contribution in [2.75, 3.05) is 5.75 Å². The first-order chi connectivity index (χ1) is 5.43. The predicted molar refractivity (Wildman–Crippen MR) is 47.7 cm³/mol. The lowest BCUT2D eigenvalue weighted by Crippen LogP contribution is -1.82. The van der Waals surface area contributed by atoms with Gasteiger partial charge in [0.25, 0.3) is 0 Å². The first kappa shape index (κ1) is 8.53. The fraction of sp³-hybridized carbons (Fsp3) is 0.500. The summed E-state index contributed by atoms with van der Waals surface area (Å²) < 4.78 is 0. The molecule has 0 aliphatic carbocycles. The quantitative estimate of drug-likeness (QED) is 0.510. The summed E-state index contributed by atoms with van der Waals surface area (Å²) in [5.74, 6) is 1.15. The molecule has 1 aromatic heterocycles. The number of aromatic nitrogens is 2. The van der Waals surface area contributed by atoms with Crippen molar-refractivity contribution in [3.8, 4) is 0 Å². The summed E-state index contributed by atoms with van der Waals surface area (Å²) in [5, 5.41) is 1.03. The van der Waals surface area contributed by atoms with Crippen molar-refractivity contribution in [2.45, 2.75) is 24.8 Å².